The zero-order valence-electron chi connectivity index (χ0n) is 23.0. The predicted molar refractivity (Wildman–Crippen MR) is 155 cm³/mol. The van der Waals surface area contributed by atoms with Gasteiger partial charge in [0.05, 0.1) is 22.3 Å². The van der Waals surface area contributed by atoms with Crippen LogP contribution in [0.1, 0.15) is 17.0 Å². The van der Waals surface area contributed by atoms with Crippen LogP contribution in [0.2, 0.25) is 0 Å². The van der Waals surface area contributed by atoms with Gasteiger partial charge in [0.1, 0.15) is 29.1 Å². The van der Waals surface area contributed by atoms with Gasteiger partial charge in [-0.3, -0.25) is 4.79 Å². The Bertz CT molecular complexity index is 1940. The van der Waals surface area contributed by atoms with E-state index in [-0.39, 0.29) is 35.0 Å². The minimum atomic E-state index is -3.89. The fourth-order valence-electron chi connectivity index (χ4n) is 4.58. The van der Waals surface area contributed by atoms with Gasteiger partial charge in [0.15, 0.2) is 0 Å². The lowest BCUT2D eigenvalue weighted by Gasteiger charge is -2.19. The molecule has 42 heavy (non-hydrogen) atoms. The van der Waals surface area contributed by atoms with Gasteiger partial charge in [-0.05, 0) is 72.6 Å². The maximum atomic E-state index is 14.0. The van der Waals surface area contributed by atoms with Gasteiger partial charge < -0.3 is 14.8 Å². The highest BCUT2D eigenvalue weighted by molar-refractivity contribution is 7.89. The molecule has 2 heterocycles. The summed E-state index contributed by atoms with van der Waals surface area (Å²) in [6.07, 6.45) is 1.29. The number of halogens is 2. The second kappa shape index (κ2) is 11.3. The molecule has 0 radical (unpaired) electrons. The molecule has 5 aromatic rings. The zero-order valence-corrected chi connectivity index (χ0v) is 23.8. The highest BCUT2D eigenvalue weighted by atomic mass is 32.2. The number of sulfonamides is 1. The number of hydrogen-bond acceptors (Lipinski definition) is 8. The molecule has 0 aliphatic rings. The Labute approximate surface area is 240 Å². The maximum absolute atomic E-state index is 14.0. The van der Waals surface area contributed by atoms with E-state index in [1.807, 2.05) is 30.1 Å². The number of benzene rings is 3. The molecule has 3 aromatic carbocycles. The van der Waals surface area contributed by atoms with Gasteiger partial charge in [-0.15, -0.1) is 0 Å². The summed E-state index contributed by atoms with van der Waals surface area (Å²) in [7, 11) is -0.285. The summed E-state index contributed by atoms with van der Waals surface area (Å²) < 4.78 is 53.1. The fourth-order valence-corrected chi connectivity index (χ4v) is 5.38. The number of nitrogens with one attached hydrogen (secondary N) is 1. The summed E-state index contributed by atoms with van der Waals surface area (Å²) in [5.41, 5.74) is 3.19. The number of carbonyl (C=O) groups is 1. The number of anilines is 4. The number of ketones is 1. The molecule has 2 aromatic heterocycles. The molecule has 0 aliphatic carbocycles. The van der Waals surface area contributed by atoms with Crippen LogP contribution in [0.5, 0.6) is 0 Å². The van der Waals surface area contributed by atoms with Crippen LogP contribution in [0.4, 0.5) is 31.9 Å². The summed E-state index contributed by atoms with van der Waals surface area (Å²) in [6.45, 7) is 1.66. The Hall–Kier alpha value is -4.75. The van der Waals surface area contributed by atoms with Crippen molar-refractivity contribution in [3.63, 3.8) is 0 Å². The number of aryl methyl sites for hydroxylation is 2. The first-order valence-corrected chi connectivity index (χ1v) is 14.3. The van der Waals surface area contributed by atoms with Crippen LogP contribution in [0.3, 0.4) is 0 Å². The number of imidazole rings is 1. The molecule has 0 bridgehead atoms. The second-order valence-electron chi connectivity index (χ2n) is 9.84. The lowest BCUT2D eigenvalue weighted by molar-refractivity contribution is -0.118. The molecule has 0 spiro atoms. The molecule has 216 valence electrons. The molecule has 0 saturated heterocycles. The van der Waals surface area contributed by atoms with E-state index in [1.165, 1.54) is 6.07 Å². The molecule has 3 N–H and O–H groups in total. The van der Waals surface area contributed by atoms with Crippen LogP contribution in [0.25, 0.3) is 11.0 Å². The van der Waals surface area contributed by atoms with Crippen molar-refractivity contribution in [3.05, 3.63) is 95.4 Å². The zero-order chi connectivity index (χ0) is 30.2. The third-order valence-electron chi connectivity index (χ3n) is 6.83. The standard InChI is InChI=1S/C29H27F2N7O3S/c1-17-4-6-20(14-26(17)42(32,40)41)34-29-33-11-10-27(36-29)37(2)21-7-9-25-24(15-21)35-28(38(25)3)16-22(39)13-18-12-19(30)5-8-23(18)31/h4-12,14-15H,13,16H2,1-3H3,(H2,32,40,41)(H,33,34,36). The monoisotopic (exact) mass is 591 g/mol. The van der Waals surface area contributed by atoms with Crippen molar-refractivity contribution in [1.29, 1.82) is 0 Å². The molecule has 10 nitrogen and oxygen atoms in total. The number of carbonyl (C=O) groups excluding carboxylic acids is 1. The Kier molecular flexibility index (Phi) is 7.71. The van der Waals surface area contributed by atoms with Crippen LogP contribution in [0.15, 0.2) is 71.8 Å². The third kappa shape index (κ3) is 6.11. The van der Waals surface area contributed by atoms with E-state index in [0.717, 1.165) is 29.4 Å². The quantitative estimate of drug-likeness (QED) is 0.256. The first-order valence-electron chi connectivity index (χ1n) is 12.8. The van der Waals surface area contributed by atoms with Gasteiger partial charge in [-0.25, -0.2) is 32.3 Å². The van der Waals surface area contributed by atoms with Crippen molar-refractivity contribution in [3.8, 4) is 0 Å². The number of nitrogens with zero attached hydrogens (tertiary/aromatic N) is 5. The first-order chi connectivity index (χ1) is 19.9. The van der Waals surface area contributed by atoms with Gasteiger partial charge in [0.25, 0.3) is 0 Å². The van der Waals surface area contributed by atoms with Crippen molar-refractivity contribution in [1.82, 2.24) is 19.5 Å². The Morgan fingerprint density at radius 1 is 1.02 bits per heavy atom. The predicted octanol–water partition coefficient (Wildman–Crippen LogP) is 4.46. The minimum absolute atomic E-state index is 0.00614. The molecule has 0 fully saturated rings. The highest BCUT2D eigenvalue weighted by Crippen LogP contribution is 2.28. The minimum Gasteiger partial charge on any atom is -0.331 e. The van der Waals surface area contributed by atoms with Gasteiger partial charge in [0.2, 0.25) is 16.0 Å². The Morgan fingerprint density at radius 2 is 1.81 bits per heavy atom. The number of Topliss-reactive ketones (excluding diaryl/α,β-unsaturated/α-hetero) is 1. The van der Waals surface area contributed by atoms with Crippen LogP contribution >= 0.6 is 0 Å². The van der Waals surface area contributed by atoms with E-state index < -0.39 is 21.7 Å². The molecule has 5 rings (SSSR count). The van der Waals surface area contributed by atoms with E-state index in [2.05, 4.69) is 20.3 Å². The molecule has 13 heteroatoms. The third-order valence-corrected chi connectivity index (χ3v) is 7.88. The van der Waals surface area contributed by atoms with E-state index in [4.69, 9.17) is 5.14 Å². The summed E-state index contributed by atoms with van der Waals surface area (Å²) in [5, 5.41) is 8.33. The second-order valence-corrected chi connectivity index (χ2v) is 11.4. The lowest BCUT2D eigenvalue weighted by Crippen LogP contribution is -2.14. The smallest absolute Gasteiger partial charge is 0.238 e. The van der Waals surface area contributed by atoms with Gasteiger partial charge in [-0.1, -0.05) is 6.07 Å². The summed E-state index contributed by atoms with van der Waals surface area (Å²) >= 11 is 0. The van der Waals surface area contributed by atoms with Crippen molar-refractivity contribution >= 4 is 50.0 Å². The number of primary sulfonamides is 1. The Balaban J connectivity index is 1.35. The number of fused-ring (bicyclic) bond motifs is 1. The van der Waals surface area contributed by atoms with Gasteiger partial charge in [0, 0.05) is 38.1 Å². The van der Waals surface area contributed by atoms with Crippen LogP contribution < -0.4 is 15.4 Å². The molecule has 0 saturated carbocycles. The average molecular weight is 592 g/mol. The normalized spacial score (nSPS) is 11.6. The van der Waals surface area contributed by atoms with E-state index >= 15 is 0 Å². The van der Waals surface area contributed by atoms with Crippen molar-refractivity contribution < 1.29 is 22.0 Å². The van der Waals surface area contributed by atoms with Gasteiger partial charge >= 0.3 is 0 Å². The van der Waals surface area contributed by atoms with E-state index in [0.29, 0.717) is 28.4 Å². The topological polar surface area (TPSA) is 136 Å². The summed E-state index contributed by atoms with van der Waals surface area (Å²) in [5.74, 6) is -0.223. The lowest BCUT2D eigenvalue weighted by atomic mass is 10.1. The van der Waals surface area contributed by atoms with Crippen LogP contribution in [0, 0.1) is 18.6 Å². The fraction of sp³-hybridized carbons (Fsp3) is 0.172. The van der Waals surface area contributed by atoms with E-state index in [9.17, 15) is 22.0 Å². The van der Waals surface area contributed by atoms with Crippen molar-refractivity contribution in [2.75, 3.05) is 17.3 Å². The van der Waals surface area contributed by atoms with Gasteiger partial charge in [-0.2, -0.15) is 4.98 Å². The first kappa shape index (κ1) is 28.8. The number of rotatable bonds is 9. The van der Waals surface area contributed by atoms with Crippen LogP contribution in [-0.2, 0) is 34.7 Å². The number of aromatic nitrogens is 4. The van der Waals surface area contributed by atoms with Crippen molar-refractivity contribution in [2.24, 2.45) is 12.2 Å². The van der Waals surface area contributed by atoms with Crippen LogP contribution in [-0.4, -0.2) is 40.8 Å². The maximum Gasteiger partial charge on any atom is 0.238 e. The molecular weight excluding hydrogens is 564 g/mol. The molecule has 0 amide bonds. The molecule has 0 aliphatic heterocycles. The number of hydrogen-bond donors (Lipinski definition) is 2. The summed E-state index contributed by atoms with van der Waals surface area (Å²) in [4.78, 5) is 27.9. The van der Waals surface area contributed by atoms with E-state index in [1.54, 1.807) is 42.9 Å². The molecule has 0 unspecified atom stereocenters. The number of nitrogens with two attached hydrogens (primary N) is 1. The highest BCUT2D eigenvalue weighted by Gasteiger charge is 2.17. The van der Waals surface area contributed by atoms with Crippen molar-refractivity contribution in [2.45, 2.75) is 24.7 Å². The average Bonchev–Trinajstić information content (AvgIpc) is 3.24. The molecular formula is C29H27F2N7O3S. The SMILES string of the molecule is Cc1ccc(Nc2nccc(N(C)c3ccc4c(c3)nc(CC(=O)Cc3cc(F)ccc3F)n4C)n2)cc1S(N)(=O)=O. The molecule has 0 atom stereocenters. The largest absolute Gasteiger partial charge is 0.331 e. The Morgan fingerprint density at radius 3 is 2.57 bits per heavy atom. The summed E-state index contributed by atoms with van der Waals surface area (Å²) in [6, 6.07) is 15.1.